The van der Waals surface area contributed by atoms with E-state index in [1.165, 1.54) is 25.3 Å². The van der Waals surface area contributed by atoms with Crippen molar-refractivity contribution in [2.75, 3.05) is 0 Å². The first-order chi connectivity index (χ1) is 13.4. The van der Waals surface area contributed by atoms with E-state index in [9.17, 15) is 14.0 Å². The molecule has 0 saturated carbocycles. The van der Waals surface area contributed by atoms with Crippen LogP contribution in [0.1, 0.15) is 24.4 Å². The number of hydrogen-bond donors (Lipinski definition) is 1. The van der Waals surface area contributed by atoms with Crippen LogP contribution in [-0.4, -0.2) is 41.6 Å². The van der Waals surface area contributed by atoms with Crippen molar-refractivity contribution in [3.8, 4) is 11.1 Å². The topological polar surface area (TPSA) is 101 Å². The molecular weight excluding hydrogens is 365 g/mol. The summed E-state index contributed by atoms with van der Waals surface area (Å²) in [5, 5.41) is 13.3. The first-order valence-electron chi connectivity index (χ1n) is 8.45. The van der Waals surface area contributed by atoms with Crippen LogP contribution in [0.4, 0.5) is 4.39 Å². The van der Waals surface area contributed by atoms with Gasteiger partial charge in [-0.05, 0) is 25.1 Å². The Balaban J connectivity index is 1.86. The van der Waals surface area contributed by atoms with Crippen LogP contribution in [0.15, 0.2) is 49.1 Å². The van der Waals surface area contributed by atoms with E-state index in [4.69, 9.17) is 5.11 Å². The Labute approximate surface area is 160 Å². The summed E-state index contributed by atoms with van der Waals surface area (Å²) in [6.07, 6.45) is 6.53. The molecule has 0 aliphatic rings. The van der Waals surface area contributed by atoms with Crippen molar-refractivity contribution in [3.05, 3.63) is 66.3 Å². The average Bonchev–Trinajstić information content (AvgIpc) is 3.12. The minimum atomic E-state index is -1.63. The second-order valence-corrected chi connectivity index (χ2v) is 6.23. The molecule has 1 unspecified atom stereocenters. The molecule has 28 heavy (non-hydrogen) atoms. The predicted molar refractivity (Wildman–Crippen MR) is 97.2 cm³/mol. The molecule has 0 saturated heterocycles. The molecule has 0 radical (unpaired) electrons. The van der Waals surface area contributed by atoms with Gasteiger partial charge < -0.3 is 10.0 Å². The van der Waals surface area contributed by atoms with Gasteiger partial charge in [0.2, 0.25) is 0 Å². The molecule has 0 aliphatic heterocycles. The summed E-state index contributed by atoms with van der Waals surface area (Å²) in [6.45, 7) is 1.42. The summed E-state index contributed by atoms with van der Waals surface area (Å²) < 4.78 is 15.7. The van der Waals surface area contributed by atoms with Crippen LogP contribution in [0.25, 0.3) is 11.1 Å². The van der Waals surface area contributed by atoms with Crippen molar-refractivity contribution in [2.24, 2.45) is 7.05 Å². The van der Waals surface area contributed by atoms with Crippen LogP contribution in [0.3, 0.4) is 0 Å². The van der Waals surface area contributed by atoms with E-state index in [0.717, 1.165) is 16.0 Å². The van der Waals surface area contributed by atoms with E-state index in [-0.39, 0.29) is 12.2 Å². The van der Waals surface area contributed by atoms with Crippen LogP contribution >= 0.6 is 0 Å². The lowest BCUT2D eigenvalue weighted by Gasteiger charge is -2.27. The van der Waals surface area contributed by atoms with Gasteiger partial charge in [-0.15, -0.1) is 0 Å². The van der Waals surface area contributed by atoms with Crippen LogP contribution in [0.5, 0.6) is 0 Å². The molecule has 144 valence electrons. The summed E-state index contributed by atoms with van der Waals surface area (Å²) in [4.78, 5) is 32.7. The van der Waals surface area contributed by atoms with E-state index >= 15 is 0 Å². The number of carbonyl (C=O) groups excluding carboxylic acids is 1. The van der Waals surface area contributed by atoms with E-state index in [2.05, 4.69) is 15.1 Å². The number of carbonyl (C=O) groups is 2. The zero-order valence-electron chi connectivity index (χ0n) is 15.3. The van der Waals surface area contributed by atoms with E-state index in [1.807, 2.05) is 6.20 Å². The molecule has 0 aromatic carbocycles. The highest BCUT2D eigenvalue weighted by atomic mass is 19.1. The molecule has 0 spiro atoms. The highest BCUT2D eigenvalue weighted by Gasteiger charge is 2.29. The first kappa shape index (κ1) is 19.2. The molecule has 3 rings (SSSR count). The van der Waals surface area contributed by atoms with Gasteiger partial charge in [-0.1, -0.05) is 6.07 Å². The maximum Gasteiger partial charge on any atom is 0.394 e. The summed E-state index contributed by atoms with van der Waals surface area (Å²) in [7, 11) is 1.80. The number of aromatic nitrogens is 4. The molecule has 3 aromatic heterocycles. The largest absolute Gasteiger partial charge is 0.474 e. The normalized spacial score (nSPS) is 11.8. The molecule has 3 aromatic rings. The van der Waals surface area contributed by atoms with Crippen molar-refractivity contribution in [1.29, 1.82) is 0 Å². The molecule has 9 heteroatoms. The van der Waals surface area contributed by atoms with E-state index < -0.39 is 23.7 Å². The maximum atomic E-state index is 14.1. The SMILES string of the molecule is CC(c1ncccc1F)N(Cc1ccc(-c2cnn(C)c2)cn1)C(=O)C(=O)O. The quantitative estimate of drug-likeness (QED) is 0.678. The molecule has 1 atom stereocenters. The summed E-state index contributed by atoms with van der Waals surface area (Å²) in [6, 6.07) is 5.24. The molecule has 1 N–H and O–H groups in total. The Kier molecular flexibility index (Phi) is 5.44. The number of rotatable bonds is 5. The zero-order valence-corrected chi connectivity index (χ0v) is 15.3. The minimum absolute atomic E-state index is 0.0101. The van der Waals surface area contributed by atoms with Crippen molar-refractivity contribution in [2.45, 2.75) is 19.5 Å². The smallest absolute Gasteiger partial charge is 0.394 e. The molecular formula is C19H18FN5O3. The van der Waals surface area contributed by atoms with E-state index in [0.29, 0.717) is 5.69 Å². The van der Waals surface area contributed by atoms with Gasteiger partial charge in [-0.2, -0.15) is 5.10 Å². The molecule has 0 aliphatic carbocycles. The predicted octanol–water partition coefficient (Wildman–Crippen LogP) is 2.19. The van der Waals surface area contributed by atoms with Gasteiger partial charge in [0.05, 0.1) is 30.2 Å². The fourth-order valence-corrected chi connectivity index (χ4v) is 2.79. The standard InChI is InChI=1S/C19H18FN5O3/c1-12(17-16(20)4-3-7-21-17)25(18(26)19(27)28)11-15-6-5-13(8-22-15)14-9-23-24(2)10-14/h3-10,12H,11H2,1-2H3,(H,27,28). The third-order valence-corrected chi connectivity index (χ3v) is 4.29. The molecule has 0 bridgehead atoms. The second-order valence-electron chi connectivity index (χ2n) is 6.23. The monoisotopic (exact) mass is 383 g/mol. The summed E-state index contributed by atoms with van der Waals surface area (Å²) in [5.41, 5.74) is 2.16. The van der Waals surface area contributed by atoms with Crippen LogP contribution in [0.2, 0.25) is 0 Å². The Hall–Kier alpha value is -3.62. The number of pyridine rings is 2. The third kappa shape index (κ3) is 4.03. The fraction of sp³-hybridized carbons (Fsp3) is 0.211. The van der Waals surface area contributed by atoms with Gasteiger partial charge in [0, 0.05) is 36.8 Å². The van der Waals surface area contributed by atoms with Crippen LogP contribution in [0, 0.1) is 5.82 Å². The van der Waals surface area contributed by atoms with Gasteiger partial charge in [0.1, 0.15) is 5.82 Å². The van der Waals surface area contributed by atoms with Gasteiger partial charge in [0.25, 0.3) is 0 Å². The van der Waals surface area contributed by atoms with E-state index in [1.54, 1.807) is 36.3 Å². The lowest BCUT2D eigenvalue weighted by Crippen LogP contribution is -2.38. The number of aliphatic carboxylic acids is 1. The fourth-order valence-electron chi connectivity index (χ4n) is 2.79. The zero-order chi connectivity index (χ0) is 20.3. The van der Waals surface area contributed by atoms with Gasteiger partial charge in [-0.3, -0.25) is 19.4 Å². The van der Waals surface area contributed by atoms with Crippen molar-refractivity contribution < 1.29 is 19.1 Å². The van der Waals surface area contributed by atoms with Crippen molar-refractivity contribution in [1.82, 2.24) is 24.6 Å². The Bertz CT molecular complexity index is 1000. The number of aryl methyl sites for hydroxylation is 1. The molecule has 8 nitrogen and oxygen atoms in total. The number of nitrogens with zero attached hydrogens (tertiary/aromatic N) is 5. The highest BCUT2D eigenvalue weighted by molar-refractivity contribution is 6.31. The third-order valence-electron chi connectivity index (χ3n) is 4.29. The second kappa shape index (κ2) is 7.95. The summed E-state index contributed by atoms with van der Waals surface area (Å²) in [5.74, 6) is -3.40. The number of halogens is 1. The number of hydrogen-bond acceptors (Lipinski definition) is 5. The minimum Gasteiger partial charge on any atom is -0.474 e. The molecule has 3 heterocycles. The van der Waals surface area contributed by atoms with Gasteiger partial charge in [0.15, 0.2) is 0 Å². The van der Waals surface area contributed by atoms with Crippen molar-refractivity contribution >= 4 is 11.9 Å². The van der Waals surface area contributed by atoms with Crippen molar-refractivity contribution in [3.63, 3.8) is 0 Å². The molecule has 1 amide bonds. The maximum absolute atomic E-state index is 14.1. The number of amides is 1. The lowest BCUT2D eigenvalue weighted by molar-refractivity contribution is -0.157. The Morgan fingerprint density at radius 2 is 2.00 bits per heavy atom. The first-order valence-corrected chi connectivity index (χ1v) is 8.45. The van der Waals surface area contributed by atoms with Crippen LogP contribution in [-0.2, 0) is 23.2 Å². The Morgan fingerprint density at radius 1 is 1.21 bits per heavy atom. The molecule has 0 fully saturated rings. The Morgan fingerprint density at radius 3 is 2.57 bits per heavy atom. The van der Waals surface area contributed by atoms with Crippen LogP contribution < -0.4 is 0 Å². The van der Waals surface area contributed by atoms with Gasteiger partial charge >= 0.3 is 11.9 Å². The number of carboxylic acids is 1. The summed E-state index contributed by atoms with van der Waals surface area (Å²) >= 11 is 0. The highest BCUT2D eigenvalue weighted by Crippen LogP contribution is 2.24. The van der Waals surface area contributed by atoms with Gasteiger partial charge in [-0.25, -0.2) is 9.18 Å². The average molecular weight is 383 g/mol. The lowest BCUT2D eigenvalue weighted by atomic mass is 10.1. The number of carboxylic acid groups (broad SMARTS) is 1.